The van der Waals surface area contributed by atoms with Crippen molar-refractivity contribution in [1.29, 1.82) is 0 Å². The van der Waals surface area contributed by atoms with E-state index in [1.807, 2.05) is 0 Å². The van der Waals surface area contributed by atoms with Crippen LogP contribution in [0.1, 0.15) is 0 Å². The molecule has 0 amide bonds. The maximum absolute atomic E-state index is 9.82. The number of nitrogens with two attached hydrogens (primary N) is 1. The molecule has 3 aromatic rings. The van der Waals surface area contributed by atoms with Crippen molar-refractivity contribution in [1.82, 2.24) is 10.1 Å². The molecular weight excluding hydrogens is 234 g/mol. The molecule has 0 saturated heterocycles. The highest BCUT2D eigenvalue weighted by molar-refractivity contribution is 5.72. The van der Waals surface area contributed by atoms with Crippen LogP contribution in [0.15, 0.2) is 45.7 Å². The number of benzene rings is 1. The summed E-state index contributed by atoms with van der Waals surface area (Å²) in [6, 6.07) is 6.66. The van der Waals surface area contributed by atoms with E-state index in [4.69, 9.17) is 14.7 Å². The van der Waals surface area contributed by atoms with Gasteiger partial charge in [0.1, 0.15) is 6.26 Å². The summed E-state index contributed by atoms with van der Waals surface area (Å²) in [7, 11) is 0. The number of phenols is 1. The summed E-state index contributed by atoms with van der Waals surface area (Å²) in [5, 5.41) is 13.6. The van der Waals surface area contributed by atoms with Crippen LogP contribution in [-0.2, 0) is 0 Å². The topological polar surface area (TPSA) is 98.3 Å². The van der Waals surface area contributed by atoms with E-state index < -0.39 is 0 Å². The predicted octanol–water partition coefficient (Wildman–Crippen LogP) is 2.28. The first-order valence-electron chi connectivity index (χ1n) is 5.20. The molecule has 0 bridgehead atoms. The summed E-state index contributed by atoms with van der Waals surface area (Å²) >= 11 is 0. The summed E-state index contributed by atoms with van der Waals surface area (Å²) < 4.78 is 10.0. The van der Waals surface area contributed by atoms with E-state index in [-0.39, 0.29) is 17.3 Å². The number of hydrogen-bond donors (Lipinski definition) is 2. The lowest BCUT2D eigenvalue weighted by Gasteiger charge is -2.01. The van der Waals surface area contributed by atoms with Gasteiger partial charge in [-0.3, -0.25) is 0 Å². The highest BCUT2D eigenvalue weighted by Crippen LogP contribution is 2.33. The molecule has 3 N–H and O–H groups in total. The molecule has 6 nitrogen and oxygen atoms in total. The Morgan fingerprint density at radius 2 is 2.11 bits per heavy atom. The van der Waals surface area contributed by atoms with Gasteiger partial charge in [-0.05, 0) is 18.2 Å². The first-order valence-corrected chi connectivity index (χ1v) is 5.20. The second-order valence-electron chi connectivity index (χ2n) is 3.68. The molecule has 90 valence electrons. The average Bonchev–Trinajstić information content (AvgIpc) is 3.01. The SMILES string of the molecule is Nc1cccc(-c2nc(-c3ccoc3)no2)c1O. The smallest absolute Gasteiger partial charge is 0.262 e. The van der Waals surface area contributed by atoms with Crippen LogP contribution in [0.5, 0.6) is 5.75 Å². The molecule has 0 spiro atoms. The monoisotopic (exact) mass is 243 g/mol. The van der Waals surface area contributed by atoms with Crippen molar-refractivity contribution in [3.05, 3.63) is 36.8 Å². The van der Waals surface area contributed by atoms with Crippen LogP contribution in [0.3, 0.4) is 0 Å². The van der Waals surface area contributed by atoms with Crippen LogP contribution in [0.2, 0.25) is 0 Å². The fourth-order valence-corrected chi connectivity index (χ4v) is 1.58. The van der Waals surface area contributed by atoms with E-state index in [2.05, 4.69) is 10.1 Å². The lowest BCUT2D eigenvalue weighted by molar-refractivity contribution is 0.426. The number of phenolic OH excluding ortho intramolecular Hbond substituents is 1. The van der Waals surface area contributed by atoms with Gasteiger partial charge in [-0.1, -0.05) is 11.2 Å². The van der Waals surface area contributed by atoms with Crippen molar-refractivity contribution in [3.8, 4) is 28.6 Å². The minimum absolute atomic E-state index is 0.0695. The Hall–Kier alpha value is -2.76. The summed E-state index contributed by atoms with van der Waals surface area (Å²) in [6.45, 7) is 0. The van der Waals surface area contributed by atoms with E-state index in [9.17, 15) is 5.11 Å². The van der Waals surface area contributed by atoms with Gasteiger partial charge in [-0.15, -0.1) is 0 Å². The highest BCUT2D eigenvalue weighted by Gasteiger charge is 2.15. The quantitative estimate of drug-likeness (QED) is 0.529. The van der Waals surface area contributed by atoms with Crippen molar-refractivity contribution in [2.75, 3.05) is 5.73 Å². The van der Waals surface area contributed by atoms with Gasteiger partial charge >= 0.3 is 0 Å². The number of anilines is 1. The van der Waals surface area contributed by atoms with Gasteiger partial charge in [0.25, 0.3) is 5.89 Å². The van der Waals surface area contributed by atoms with Crippen LogP contribution >= 0.6 is 0 Å². The number of aromatic nitrogens is 2. The molecule has 0 unspecified atom stereocenters. The summed E-state index contributed by atoms with van der Waals surface area (Å²) in [5.41, 5.74) is 6.97. The Morgan fingerprint density at radius 1 is 1.22 bits per heavy atom. The third-order valence-electron chi connectivity index (χ3n) is 2.50. The lowest BCUT2D eigenvalue weighted by Crippen LogP contribution is -1.87. The van der Waals surface area contributed by atoms with Gasteiger partial charge in [-0.25, -0.2) is 0 Å². The minimum Gasteiger partial charge on any atom is -0.505 e. The van der Waals surface area contributed by atoms with Gasteiger partial charge in [0.05, 0.1) is 23.1 Å². The predicted molar refractivity (Wildman–Crippen MR) is 63.5 cm³/mol. The number of para-hydroxylation sites is 1. The zero-order chi connectivity index (χ0) is 12.5. The second-order valence-corrected chi connectivity index (χ2v) is 3.68. The maximum Gasteiger partial charge on any atom is 0.262 e. The third kappa shape index (κ3) is 1.60. The molecular formula is C12H9N3O3. The van der Waals surface area contributed by atoms with Crippen LogP contribution in [0.25, 0.3) is 22.8 Å². The van der Waals surface area contributed by atoms with Crippen LogP contribution in [0, 0.1) is 0 Å². The summed E-state index contributed by atoms with van der Waals surface area (Å²) in [6.07, 6.45) is 3.02. The third-order valence-corrected chi connectivity index (χ3v) is 2.50. The Bertz CT molecular complexity index is 674. The minimum atomic E-state index is -0.0695. The molecule has 6 heteroatoms. The van der Waals surface area contributed by atoms with Crippen molar-refractivity contribution in [2.24, 2.45) is 0 Å². The van der Waals surface area contributed by atoms with Gasteiger partial charge in [0.2, 0.25) is 5.82 Å². The molecule has 2 aromatic heterocycles. The van der Waals surface area contributed by atoms with Gasteiger partial charge in [-0.2, -0.15) is 4.98 Å². The zero-order valence-corrected chi connectivity index (χ0v) is 9.20. The second kappa shape index (κ2) is 3.92. The molecule has 0 radical (unpaired) electrons. The number of furan rings is 1. The molecule has 0 saturated carbocycles. The Balaban J connectivity index is 2.06. The molecule has 2 heterocycles. The van der Waals surface area contributed by atoms with Crippen molar-refractivity contribution < 1.29 is 14.0 Å². The molecule has 0 aliphatic carbocycles. The highest BCUT2D eigenvalue weighted by atomic mass is 16.5. The molecule has 0 atom stereocenters. The van der Waals surface area contributed by atoms with E-state index in [0.29, 0.717) is 17.0 Å². The molecule has 0 aliphatic rings. The van der Waals surface area contributed by atoms with Crippen LogP contribution in [0.4, 0.5) is 5.69 Å². The number of aromatic hydroxyl groups is 1. The standard InChI is InChI=1S/C12H9N3O3/c13-9-3-1-2-8(10(9)16)12-14-11(15-18-12)7-4-5-17-6-7/h1-6,16H,13H2. The number of rotatable bonds is 2. The largest absolute Gasteiger partial charge is 0.505 e. The summed E-state index contributed by atoms with van der Waals surface area (Å²) in [4.78, 5) is 4.17. The number of hydrogen-bond acceptors (Lipinski definition) is 6. The first kappa shape index (κ1) is 10.4. The van der Waals surface area contributed by atoms with E-state index in [0.717, 1.165) is 0 Å². The Labute approximate surface area is 102 Å². The van der Waals surface area contributed by atoms with Gasteiger partial charge in [0, 0.05) is 0 Å². The Morgan fingerprint density at radius 3 is 2.89 bits per heavy atom. The molecule has 0 aliphatic heterocycles. The number of nitrogen functional groups attached to an aromatic ring is 1. The Kier molecular flexibility index (Phi) is 2.26. The fourth-order valence-electron chi connectivity index (χ4n) is 1.58. The van der Waals surface area contributed by atoms with Gasteiger partial charge < -0.3 is 19.8 Å². The van der Waals surface area contributed by atoms with E-state index in [1.54, 1.807) is 24.3 Å². The maximum atomic E-state index is 9.82. The molecule has 3 rings (SSSR count). The summed E-state index contributed by atoms with van der Waals surface area (Å²) in [5.74, 6) is 0.525. The van der Waals surface area contributed by atoms with Gasteiger partial charge in [0.15, 0.2) is 5.75 Å². The molecule has 1 aromatic carbocycles. The van der Waals surface area contributed by atoms with E-state index in [1.165, 1.54) is 12.5 Å². The molecule has 0 fully saturated rings. The lowest BCUT2D eigenvalue weighted by atomic mass is 10.1. The zero-order valence-electron chi connectivity index (χ0n) is 9.20. The van der Waals surface area contributed by atoms with Crippen molar-refractivity contribution in [2.45, 2.75) is 0 Å². The fraction of sp³-hybridized carbons (Fsp3) is 0. The first-order chi connectivity index (χ1) is 8.75. The van der Waals surface area contributed by atoms with Crippen LogP contribution < -0.4 is 5.73 Å². The average molecular weight is 243 g/mol. The van der Waals surface area contributed by atoms with Crippen molar-refractivity contribution in [3.63, 3.8) is 0 Å². The van der Waals surface area contributed by atoms with Crippen molar-refractivity contribution >= 4 is 5.69 Å². The molecule has 18 heavy (non-hydrogen) atoms. The normalized spacial score (nSPS) is 10.7. The number of nitrogens with zero attached hydrogens (tertiary/aromatic N) is 2. The van der Waals surface area contributed by atoms with Crippen LogP contribution in [-0.4, -0.2) is 15.2 Å². The van der Waals surface area contributed by atoms with E-state index >= 15 is 0 Å².